The zero-order valence-electron chi connectivity index (χ0n) is 15.0. The third-order valence-corrected chi connectivity index (χ3v) is 4.66. The smallest absolute Gasteiger partial charge is 0.0431 e. The fourth-order valence-corrected chi connectivity index (χ4v) is 3.08. The van der Waals surface area contributed by atoms with Crippen LogP contribution in [0.1, 0.15) is 117 Å². The van der Waals surface area contributed by atoms with Crippen LogP contribution in [0.3, 0.4) is 0 Å². The van der Waals surface area contributed by atoms with Crippen molar-refractivity contribution in [3.63, 3.8) is 0 Å². The molecular weight excluding hydrogens is 256 g/mol. The Hall–Kier alpha value is -0.0400. The molecule has 0 fully saturated rings. The molecular formula is C20H42O. The zero-order chi connectivity index (χ0) is 15.6. The molecule has 0 aliphatic rings. The van der Waals surface area contributed by atoms with E-state index in [-0.39, 0.29) is 0 Å². The Balaban J connectivity index is 3.09. The van der Waals surface area contributed by atoms with E-state index in [0.29, 0.717) is 6.61 Å². The van der Waals surface area contributed by atoms with Crippen molar-refractivity contribution in [3.8, 4) is 0 Å². The molecule has 0 saturated carbocycles. The first-order chi connectivity index (χ1) is 10.3. The third kappa shape index (κ3) is 17.9. The molecule has 21 heavy (non-hydrogen) atoms. The highest BCUT2D eigenvalue weighted by molar-refractivity contribution is 4.55. The molecule has 0 aliphatic carbocycles. The van der Waals surface area contributed by atoms with Crippen LogP contribution in [0, 0.1) is 5.92 Å². The van der Waals surface area contributed by atoms with E-state index in [1.165, 1.54) is 96.3 Å². The van der Waals surface area contributed by atoms with E-state index < -0.39 is 0 Å². The van der Waals surface area contributed by atoms with Crippen LogP contribution in [-0.4, -0.2) is 11.7 Å². The van der Waals surface area contributed by atoms with Gasteiger partial charge in [-0.2, -0.15) is 0 Å². The predicted molar refractivity (Wildman–Crippen MR) is 95.8 cm³/mol. The average molecular weight is 299 g/mol. The van der Waals surface area contributed by atoms with Gasteiger partial charge in [0.25, 0.3) is 0 Å². The minimum absolute atomic E-state index is 0.369. The molecule has 0 bridgehead atoms. The Morgan fingerprint density at radius 1 is 0.571 bits per heavy atom. The molecule has 0 rings (SSSR count). The Morgan fingerprint density at radius 2 is 0.952 bits per heavy atom. The summed E-state index contributed by atoms with van der Waals surface area (Å²) in [5.74, 6) is 0.910. The highest BCUT2D eigenvalue weighted by Crippen LogP contribution is 2.18. The molecule has 1 heteroatoms. The maximum absolute atomic E-state index is 8.73. The molecule has 0 aromatic heterocycles. The van der Waals surface area contributed by atoms with Gasteiger partial charge >= 0.3 is 0 Å². The molecule has 0 spiro atoms. The first-order valence-electron chi connectivity index (χ1n) is 9.92. The molecule has 0 unspecified atom stereocenters. The fourth-order valence-electron chi connectivity index (χ4n) is 3.08. The van der Waals surface area contributed by atoms with E-state index in [9.17, 15) is 0 Å². The summed E-state index contributed by atoms with van der Waals surface area (Å²) in [6, 6.07) is 0. The molecule has 0 heterocycles. The first-order valence-corrected chi connectivity index (χ1v) is 9.92. The lowest BCUT2D eigenvalue weighted by Gasteiger charge is -2.10. The van der Waals surface area contributed by atoms with Crippen molar-refractivity contribution in [1.82, 2.24) is 0 Å². The van der Waals surface area contributed by atoms with Gasteiger partial charge in [0.2, 0.25) is 0 Å². The quantitative estimate of drug-likeness (QED) is 0.290. The maximum atomic E-state index is 8.73. The number of hydrogen-bond acceptors (Lipinski definition) is 1. The summed E-state index contributed by atoms with van der Waals surface area (Å²) in [6.45, 7) is 5.07. The summed E-state index contributed by atoms with van der Waals surface area (Å²) < 4.78 is 0. The van der Waals surface area contributed by atoms with Gasteiger partial charge in [0.1, 0.15) is 0 Å². The second kappa shape index (κ2) is 18.0. The minimum Gasteiger partial charge on any atom is -0.396 e. The van der Waals surface area contributed by atoms with Crippen molar-refractivity contribution < 1.29 is 5.11 Å². The number of unbranched alkanes of at least 4 members (excludes halogenated alkanes) is 12. The van der Waals surface area contributed by atoms with Crippen LogP contribution >= 0.6 is 0 Å². The Labute approximate surface area is 134 Å². The number of rotatable bonds is 17. The highest BCUT2D eigenvalue weighted by atomic mass is 16.2. The van der Waals surface area contributed by atoms with E-state index in [1.54, 1.807) is 0 Å². The van der Waals surface area contributed by atoms with Crippen molar-refractivity contribution in [3.05, 3.63) is 0 Å². The van der Waals surface area contributed by atoms with Crippen molar-refractivity contribution in [2.75, 3.05) is 6.61 Å². The van der Waals surface area contributed by atoms with Crippen molar-refractivity contribution >= 4 is 0 Å². The summed E-state index contributed by atoms with van der Waals surface area (Å²) in [5, 5.41) is 8.73. The summed E-state index contributed by atoms with van der Waals surface area (Å²) in [4.78, 5) is 0. The Morgan fingerprint density at radius 3 is 1.38 bits per heavy atom. The van der Waals surface area contributed by atoms with Crippen molar-refractivity contribution in [1.29, 1.82) is 0 Å². The second-order valence-corrected chi connectivity index (χ2v) is 7.00. The lowest BCUT2D eigenvalue weighted by atomic mass is 9.96. The first kappa shape index (κ1) is 21.0. The predicted octanol–water partition coefficient (Wildman–Crippen LogP) is 6.88. The normalized spacial score (nSPS) is 12.7. The summed E-state index contributed by atoms with van der Waals surface area (Å²) in [5.41, 5.74) is 0. The van der Waals surface area contributed by atoms with Crippen molar-refractivity contribution in [2.45, 2.75) is 117 Å². The number of aliphatic hydroxyl groups is 1. The van der Waals surface area contributed by atoms with E-state index >= 15 is 0 Å². The molecule has 1 N–H and O–H groups in total. The van der Waals surface area contributed by atoms with Gasteiger partial charge in [-0.1, -0.05) is 110 Å². The Bertz CT molecular complexity index is 179. The maximum Gasteiger partial charge on any atom is 0.0431 e. The van der Waals surface area contributed by atoms with Gasteiger partial charge in [-0.05, 0) is 12.3 Å². The van der Waals surface area contributed by atoms with E-state index in [0.717, 1.165) is 12.3 Å². The van der Waals surface area contributed by atoms with Crippen LogP contribution in [0.2, 0.25) is 0 Å². The molecule has 0 radical (unpaired) electrons. The van der Waals surface area contributed by atoms with Crippen LogP contribution in [0.4, 0.5) is 0 Å². The third-order valence-electron chi connectivity index (χ3n) is 4.66. The summed E-state index contributed by atoms with van der Waals surface area (Å²) in [7, 11) is 0. The molecule has 0 aromatic carbocycles. The van der Waals surface area contributed by atoms with E-state index in [4.69, 9.17) is 5.11 Å². The fraction of sp³-hybridized carbons (Fsp3) is 1.00. The summed E-state index contributed by atoms with van der Waals surface area (Å²) >= 11 is 0. The van der Waals surface area contributed by atoms with Crippen LogP contribution in [-0.2, 0) is 0 Å². The highest BCUT2D eigenvalue weighted by Gasteiger charge is 2.02. The summed E-state index contributed by atoms with van der Waals surface area (Å²) in [6.07, 6.45) is 22.1. The molecule has 1 nitrogen and oxygen atoms in total. The zero-order valence-corrected chi connectivity index (χ0v) is 15.0. The van der Waals surface area contributed by atoms with Crippen LogP contribution in [0.15, 0.2) is 0 Å². The van der Waals surface area contributed by atoms with Crippen molar-refractivity contribution in [2.24, 2.45) is 5.92 Å². The van der Waals surface area contributed by atoms with Crippen LogP contribution < -0.4 is 0 Å². The topological polar surface area (TPSA) is 20.2 Å². The largest absolute Gasteiger partial charge is 0.396 e. The van der Waals surface area contributed by atoms with Gasteiger partial charge in [0.15, 0.2) is 0 Å². The minimum atomic E-state index is 0.369. The van der Waals surface area contributed by atoms with Gasteiger partial charge < -0.3 is 5.11 Å². The molecule has 0 aromatic rings. The van der Waals surface area contributed by atoms with Crippen LogP contribution in [0.5, 0.6) is 0 Å². The lowest BCUT2D eigenvalue weighted by Crippen LogP contribution is -1.95. The lowest BCUT2D eigenvalue weighted by molar-refractivity contribution is 0.281. The molecule has 0 amide bonds. The van der Waals surface area contributed by atoms with Gasteiger partial charge in [-0.25, -0.2) is 0 Å². The number of aliphatic hydroxyl groups excluding tert-OH is 1. The van der Waals surface area contributed by atoms with Gasteiger partial charge in [-0.3, -0.25) is 0 Å². The van der Waals surface area contributed by atoms with Gasteiger partial charge in [0, 0.05) is 6.61 Å². The van der Waals surface area contributed by atoms with Gasteiger partial charge in [-0.15, -0.1) is 0 Å². The molecule has 0 saturated heterocycles. The molecule has 1 atom stereocenters. The average Bonchev–Trinajstić information content (AvgIpc) is 2.49. The SMILES string of the molecule is CCCCCCCCCCCC[C@H](C)CCCCCCO. The standard InChI is InChI=1S/C20H42O/c1-3-4-5-6-7-8-9-10-11-14-17-20(2)18-15-12-13-16-19-21/h20-21H,3-19H2,1-2H3/t20-/m0/s1. The molecule has 0 aliphatic heterocycles. The monoisotopic (exact) mass is 298 g/mol. The Kier molecular flexibility index (Phi) is 18.0. The van der Waals surface area contributed by atoms with Crippen LogP contribution in [0.25, 0.3) is 0 Å². The van der Waals surface area contributed by atoms with E-state index in [2.05, 4.69) is 13.8 Å². The second-order valence-electron chi connectivity index (χ2n) is 7.00. The number of hydrogen-bond donors (Lipinski definition) is 1. The van der Waals surface area contributed by atoms with E-state index in [1.807, 2.05) is 0 Å². The molecule has 128 valence electrons. The van der Waals surface area contributed by atoms with Gasteiger partial charge in [0.05, 0.1) is 0 Å².